The standard InChI is InChI=1S/C17H19N3O3S/c1-11(21)10-20(2)17(22)18-9-12-7-8-14(23-12)16-19-13-5-3-4-6-15(13)24-16/h3-8,11,21H,9-10H2,1-2H3,(H,18,22). The highest BCUT2D eigenvalue weighted by molar-refractivity contribution is 7.21. The maximum atomic E-state index is 11.9. The van der Waals surface area contributed by atoms with E-state index in [0.717, 1.165) is 15.2 Å². The van der Waals surface area contributed by atoms with Gasteiger partial charge in [0, 0.05) is 13.6 Å². The number of aromatic nitrogens is 1. The summed E-state index contributed by atoms with van der Waals surface area (Å²) < 4.78 is 6.89. The molecular formula is C17H19N3O3S. The van der Waals surface area contributed by atoms with Gasteiger partial charge in [0.15, 0.2) is 10.8 Å². The Morgan fingerprint density at radius 1 is 1.38 bits per heavy atom. The zero-order chi connectivity index (χ0) is 17.1. The SMILES string of the molecule is CC(O)CN(C)C(=O)NCc1ccc(-c2nc3ccccc3s2)o1. The van der Waals surface area contributed by atoms with Crippen molar-refractivity contribution in [1.29, 1.82) is 0 Å². The molecule has 1 atom stereocenters. The van der Waals surface area contributed by atoms with E-state index in [1.807, 2.05) is 36.4 Å². The van der Waals surface area contributed by atoms with Crippen LogP contribution in [0.5, 0.6) is 0 Å². The van der Waals surface area contributed by atoms with Gasteiger partial charge in [0.05, 0.1) is 22.9 Å². The number of likely N-dealkylation sites (N-methyl/N-ethyl adjacent to an activating group) is 1. The summed E-state index contributed by atoms with van der Waals surface area (Å²) in [5.41, 5.74) is 0.948. The Labute approximate surface area is 143 Å². The average Bonchev–Trinajstić information content (AvgIpc) is 3.18. The molecular weight excluding hydrogens is 326 g/mol. The summed E-state index contributed by atoms with van der Waals surface area (Å²) in [7, 11) is 1.64. The van der Waals surface area contributed by atoms with E-state index in [2.05, 4.69) is 10.3 Å². The van der Waals surface area contributed by atoms with Crippen LogP contribution < -0.4 is 5.32 Å². The first-order valence-corrected chi connectivity index (χ1v) is 8.46. The van der Waals surface area contributed by atoms with Gasteiger partial charge in [0.25, 0.3) is 0 Å². The molecule has 3 rings (SSSR count). The number of hydrogen-bond donors (Lipinski definition) is 2. The molecule has 6 nitrogen and oxygen atoms in total. The van der Waals surface area contributed by atoms with Gasteiger partial charge in [-0.25, -0.2) is 9.78 Å². The molecule has 1 unspecified atom stereocenters. The third kappa shape index (κ3) is 3.74. The minimum absolute atomic E-state index is 0.256. The van der Waals surface area contributed by atoms with Crippen LogP contribution in [-0.4, -0.2) is 40.7 Å². The van der Waals surface area contributed by atoms with Gasteiger partial charge in [-0.2, -0.15) is 0 Å². The van der Waals surface area contributed by atoms with Crippen molar-refractivity contribution in [3.8, 4) is 10.8 Å². The predicted octanol–water partition coefficient (Wildman–Crippen LogP) is 3.08. The number of amides is 2. The normalized spacial score (nSPS) is 12.3. The maximum Gasteiger partial charge on any atom is 0.317 e. The van der Waals surface area contributed by atoms with Crippen molar-refractivity contribution in [2.75, 3.05) is 13.6 Å². The number of thiazole rings is 1. The Hall–Kier alpha value is -2.38. The Morgan fingerprint density at radius 3 is 2.92 bits per heavy atom. The second-order valence-corrected chi connectivity index (χ2v) is 6.67. The van der Waals surface area contributed by atoms with E-state index in [-0.39, 0.29) is 19.1 Å². The number of aliphatic hydroxyl groups excluding tert-OH is 1. The van der Waals surface area contributed by atoms with Crippen molar-refractivity contribution in [3.05, 3.63) is 42.2 Å². The van der Waals surface area contributed by atoms with Gasteiger partial charge in [-0.1, -0.05) is 12.1 Å². The summed E-state index contributed by atoms with van der Waals surface area (Å²) in [5, 5.41) is 12.9. The Kier molecular flexibility index (Phi) is 4.82. The number of carbonyl (C=O) groups is 1. The molecule has 2 aromatic heterocycles. The Balaban J connectivity index is 1.64. The van der Waals surface area contributed by atoms with Crippen molar-refractivity contribution in [2.24, 2.45) is 0 Å². The van der Waals surface area contributed by atoms with Gasteiger partial charge >= 0.3 is 6.03 Å². The number of carbonyl (C=O) groups excluding carboxylic acids is 1. The van der Waals surface area contributed by atoms with E-state index >= 15 is 0 Å². The van der Waals surface area contributed by atoms with Crippen molar-refractivity contribution in [3.63, 3.8) is 0 Å². The third-order valence-corrected chi connectivity index (χ3v) is 4.52. The lowest BCUT2D eigenvalue weighted by atomic mass is 10.3. The van der Waals surface area contributed by atoms with E-state index in [9.17, 15) is 9.90 Å². The summed E-state index contributed by atoms with van der Waals surface area (Å²) >= 11 is 1.57. The van der Waals surface area contributed by atoms with Crippen LogP contribution in [0.1, 0.15) is 12.7 Å². The molecule has 7 heteroatoms. The van der Waals surface area contributed by atoms with Crippen LogP contribution in [0.15, 0.2) is 40.8 Å². The van der Waals surface area contributed by atoms with Gasteiger partial charge in [0.2, 0.25) is 0 Å². The summed E-state index contributed by atoms with van der Waals surface area (Å²) in [6, 6.07) is 11.4. The van der Waals surface area contributed by atoms with E-state index in [0.29, 0.717) is 11.5 Å². The predicted molar refractivity (Wildman–Crippen MR) is 93.9 cm³/mol. The molecule has 24 heavy (non-hydrogen) atoms. The van der Waals surface area contributed by atoms with Gasteiger partial charge in [-0.3, -0.25) is 0 Å². The Bertz CT molecular complexity index is 807. The van der Waals surface area contributed by atoms with Gasteiger partial charge in [0.1, 0.15) is 5.76 Å². The molecule has 2 heterocycles. The van der Waals surface area contributed by atoms with E-state index in [1.54, 1.807) is 25.3 Å². The number of rotatable bonds is 5. The molecule has 0 aliphatic heterocycles. The van der Waals surface area contributed by atoms with Crippen molar-refractivity contribution in [2.45, 2.75) is 19.6 Å². The highest BCUT2D eigenvalue weighted by atomic mass is 32.1. The number of furan rings is 1. The molecule has 0 radical (unpaired) electrons. The lowest BCUT2D eigenvalue weighted by Crippen LogP contribution is -2.40. The number of benzene rings is 1. The van der Waals surface area contributed by atoms with Crippen LogP contribution in [0.25, 0.3) is 21.0 Å². The number of nitrogens with one attached hydrogen (secondary N) is 1. The van der Waals surface area contributed by atoms with Crippen molar-refractivity contribution in [1.82, 2.24) is 15.2 Å². The van der Waals surface area contributed by atoms with Crippen LogP contribution in [0, 0.1) is 0 Å². The first-order valence-electron chi connectivity index (χ1n) is 7.64. The van der Waals surface area contributed by atoms with Crippen LogP contribution in [0.4, 0.5) is 4.79 Å². The average molecular weight is 345 g/mol. The molecule has 0 saturated carbocycles. The lowest BCUT2D eigenvalue weighted by molar-refractivity contribution is 0.143. The largest absolute Gasteiger partial charge is 0.457 e. The number of nitrogens with zero attached hydrogens (tertiary/aromatic N) is 2. The lowest BCUT2D eigenvalue weighted by Gasteiger charge is -2.18. The van der Waals surface area contributed by atoms with E-state index in [4.69, 9.17) is 4.42 Å². The fraction of sp³-hybridized carbons (Fsp3) is 0.294. The quantitative estimate of drug-likeness (QED) is 0.745. The molecule has 0 aliphatic rings. The molecule has 2 amide bonds. The van der Waals surface area contributed by atoms with Crippen LogP contribution in [0.3, 0.4) is 0 Å². The summed E-state index contributed by atoms with van der Waals surface area (Å²) in [4.78, 5) is 17.9. The van der Waals surface area contributed by atoms with Crippen LogP contribution in [-0.2, 0) is 6.54 Å². The molecule has 0 bridgehead atoms. The Morgan fingerprint density at radius 2 is 2.17 bits per heavy atom. The number of urea groups is 1. The summed E-state index contributed by atoms with van der Waals surface area (Å²) in [5.74, 6) is 1.35. The molecule has 0 fully saturated rings. The molecule has 2 N–H and O–H groups in total. The first-order chi connectivity index (χ1) is 11.5. The number of para-hydroxylation sites is 1. The van der Waals surface area contributed by atoms with Crippen molar-refractivity contribution < 1.29 is 14.3 Å². The first kappa shape index (κ1) is 16.5. The maximum absolute atomic E-state index is 11.9. The van der Waals surface area contributed by atoms with E-state index < -0.39 is 6.10 Å². The molecule has 0 aliphatic carbocycles. The minimum Gasteiger partial charge on any atom is -0.457 e. The second-order valence-electron chi connectivity index (χ2n) is 5.64. The third-order valence-electron chi connectivity index (χ3n) is 3.46. The molecule has 1 aromatic carbocycles. The second kappa shape index (κ2) is 7.02. The van der Waals surface area contributed by atoms with Gasteiger partial charge in [-0.15, -0.1) is 11.3 Å². The molecule has 126 valence electrons. The molecule has 0 saturated heterocycles. The molecule has 0 spiro atoms. The highest BCUT2D eigenvalue weighted by Crippen LogP contribution is 2.31. The monoisotopic (exact) mass is 345 g/mol. The number of fused-ring (bicyclic) bond motifs is 1. The van der Waals surface area contributed by atoms with Crippen molar-refractivity contribution >= 4 is 27.6 Å². The van der Waals surface area contributed by atoms with Gasteiger partial charge < -0.3 is 19.7 Å². The number of aliphatic hydroxyl groups is 1. The fourth-order valence-corrected chi connectivity index (χ4v) is 3.27. The summed E-state index contributed by atoms with van der Waals surface area (Å²) in [6.07, 6.45) is -0.560. The summed E-state index contributed by atoms with van der Waals surface area (Å²) in [6.45, 7) is 2.20. The van der Waals surface area contributed by atoms with Gasteiger partial charge in [-0.05, 0) is 31.2 Å². The smallest absolute Gasteiger partial charge is 0.317 e. The van der Waals surface area contributed by atoms with Crippen LogP contribution in [0.2, 0.25) is 0 Å². The van der Waals surface area contributed by atoms with E-state index in [1.165, 1.54) is 4.90 Å². The van der Waals surface area contributed by atoms with Crippen LogP contribution >= 0.6 is 11.3 Å². The zero-order valence-electron chi connectivity index (χ0n) is 13.5. The highest BCUT2D eigenvalue weighted by Gasteiger charge is 2.13. The topological polar surface area (TPSA) is 78.6 Å². The fourth-order valence-electron chi connectivity index (χ4n) is 2.34. The zero-order valence-corrected chi connectivity index (χ0v) is 14.3. The molecule has 3 aromatic rings. The number of hydrogen-bond acceptors (Lipinski definition) is 5. The minimum atomic E-state index is -0.560.